The van der Waals surface area contributed by atoms with Gasteiger partial charge in [0.25, 0.3) is 11.8 Å². The van der Waals surface area contributed by atoms with Crippen molar-refractivity contribution < 1.29 is 22.8 Å². The van der Waals surface area contributed by atoms with Crippen LogP contribution in [-0.2, 0) is 6.18 Å². The molecule has 2 heterocycles. The first-order valence-corrected chi connectivity index (χ1v) is 11.6. The van der Waals surface area contributed by atoms with Gasteiger partial charge in [0, 0.05) is 28.7 Å². The molecule has 2 N–H and O–H groups in total. The van der Waals surface area contributed by atoms with E-state index in [9.17, 15) is 22.8 Å². The molecule has 0 radical (unpaired) electrons. The Kier molecular flexibility index (Phi) is 6.42. The van der Waals surface area contributed by atoms with Crippen LogP contribution in [0.15, 0.2) is 97.3 Å². The zero-order valence-corrected chi connectivity index (χ0v) is 20.1. The Labute approximate surface area is 215 Å². The van der Waals surface area contributed by atoms with Crippen LogP contribution in [0.2, 0.25) is 0 Å². The number of carbonyl (C=O) groups excluding carboxylic acids is 2. The van der Waals surface area contributed by atoms with Crippen LogP contribution in [0.25, 0.3) is 16.6 Å². The van der Waals surface area contributed by atoms with Crippen molar-refractivity contribution in [3.8, 4) is 11.1 Å². The molecule has 190 valence electrons. The van der Waals surface area contributed by atoms with Gasteiger partial charge in [0.05, 0.1) is 22.8 Å². The third-order valence-corrected chi connectivity index (χ3v) is 6.06. The molecule has 0 atom stereocenters. The van der Waals surface area contributed by atoms with Crippen molar-refractivity contribution in [1.82, 2.24) is 9.61 Å². The van der Waals surface area contributed by atoms with E-state index in [0.717, 1.165) is 23.3 Å². The van der Waals surface area contributed by atoms with Gasteiger partial charge < -0.3 is 10.6 Å². The lowest BCUT2D eigenvalue weighted by Gasteiger charge is -2.12. The molecule has 0 saturated carbocycles. The van der Waals surface area contributed by atoms with E-state index in [1.807, 2.05) is 48.7 Å². The van der Waals surface area contributed by atoms with Crippen LogP contribution in [0.5, 0.6) is 0 Å². The zero-order valence-electron chi connectivity index (χ0n) is 20.1. The number of hydrogen-bond acceptors (Lipinski definition) is 3. The fraction of sp³-hybridized carbons (Fsp3) is 0.0690. The van der Waals surface area contributed by atoms with Crippen molar-refractivity contribution in [3.05, 3.63) is 120 Å². The maximum Gasteiger partial charge on any atom is 0.416 e. The molecule has 38 heavy (non-hydrogen) atoms. The predicted octanol–water partition coefficient (Wildman–Crippen LogP) is 6.83. The first-order chi connectivity index (χ1) is 18.2. The van der Waals surface area contributed by atoms with Crippen molar-refractivity contribution in [1.29, 1.82) is 0 Å². The number of pyridine rings is 1. The quantitative estimate of drug-likeness (QED) is 0.270. The van der Waals surface area contributed by atoms with E-state index in [2.05, 4.69) is 15.7 Å². The van der Waals surface area contributed by atoms with Crippen molar-refractivity contribution in [2.45, 2.75) is 13.1 Å². The first kappa shape index (κ1) is 24.8. The lowest BCUT2D eigenvalue weighted by atomic mass is 10.1. The van der Waals surface area contributed by atoms with E-state index < -0.39 is 23.6 Å². The van der Waals surface area contributed by atoms with E-state index in [4.69, 9.17) is 0 Å². The molecule has 5 aromatic rings. The molecule has 6 nitrogen and oxygen atoms in total. The Morgan fingerprint density at radius 3 is 2.37 bits per heavy atom. The summed E-state index contributed by atoms with van der Waals surface area (Å²) in [6, 6.07) is 22.6. The molecule has 9 heteroatoms. The number of fused-ring (bicyclic) bond motifs is 1. The van der Waals surface area contributed by atoms with Gasteiger partial charge in [-0.1, -0.05) is 48.5 Å². The van der Waals surface area contributed by atoms with Gasteiger partial charge in [0.2, 0.25) is 0 Å². The van der Waals surface area contributed by atoms with Crippen molar-refractivity contribution in [2.24, 2.45) is 0 Å². The van der Waals surface area contributed by atoms with Crippen LogP contribution >= 0.6 is 0 Å². The standard InChI is InChI=1S/C29H21F3N4O2/c1-18-10-11-20(27(37)34-23-9-5-8-22(15-23)29(30,31)32)14-25(18)35-28(38)24-16-33-36-17-21(12-13-26(24)36)19-6-3-2-4-7-19/h2-17H,1H3,(H,34,37)(H,35,38). The molecular formula is C29H21F3N4O2. The minimum Gasteiger partial charge on any atom is -0.322 e. The van der Waals surface area contributed by atoms with Crippen molar-refractivity contribution in [2.75, 3.05) is 10.6 Å². The summed E-state index contributed by atoms with van der Waals surface area (Å²) in [5, 5.41) is 9.61. The maximum absolute atomic E-state index is 13.1. The number of benzene rings is 3. The molecule has 5 rings (SSSR count). The van der Waals surface area contributed by atoms with Crippen LogP contribution in [0, 0.1) is 6.92 Å². The smallest absolute Gasteiger partial charge is 0.322 e. The third-order valence-electron chi connectivity index (χ3n) is 6.06. The van der Waals surface area contributed by atoms with E-state index in [-0.39, 0.29) is 11.3 Å². The van der Waals surface area contributed by atoms with Crippen LogP contribution in [0.3, 0.4) is 0 Å². The summed E-state index contributed by atoms with van der Waals surface area (Å²) in [7, 11) is 0. The van der Waals surface area contributed by atoms with Crippen LogP contribution in [-0.4, -0.2) is 21.4 Å². The molecular weight excluding hydrogens is 493 g/mol. The molecule has 0 unspecified atom stereocenters. The predicted molar refractivity (Wildman–Crippen MR) is 139 cm³/mol. The molecule has 3 aromatic carbocycles. The molecule has 0 saturated heterocycles. The first-order valence-electron chi connectivity index (χ1n) is 11.6. The van der Waals surface area contributed by atoms with Gasteiger partial charge in [-0.15, -0.1) is 0 Å². The maximum atomic E-state index is 13.1. The highest BCUT2D eigenvalue weighted by Gasteiger charge is 2.30. The molecule has 0 spiro atoms. The zero-order chi connectivity index (χ0) is 26.9. The van der Waals surface area contributed by atoms with E-state index in [1.165, 1.54) is 30.5 Å². The van der Waals surface area contributed by atoms with E-state index >= 15 is 0 Å². The Morgan fingerprint density at radius 1 is 0.816 bits per heavy atom. The Hall–Kier alpha value is -4.92. The second-order valence-corrected chi connectivity index (χ2v) is 8.69. The number of amides is 2. The average Bonchev–Trinajstić information content (AvgIpc) is 3.33. The van der Waals surface area contributed by atoms with Crippen molar-refractivity contribution in [3.63, 3.8) is 0 Å². The highest BCUT2D eigenvalue weighted by molar-refractivity contribution is 6.10. The number of aryl methyl sites for hydroxylation is 1. The summed E-state index contributed by atoms with van der Waals surface area (Å²) < 4.78 is 40.6. The molecule has 0 aliphatic heterocycles. The Balaban J connectivity index is 1.35. The molecule has 2 aromatic heterocycles. The second-order valence-electron chi connectivity index (χ2n) is 8.69. The summed E-state index contributed by atoms with van der Waals surface area (Å²) in [6.07, 6.45) is -1.21. The topological polar surface area (TPSA) is 75.5 Å². The highest BCUT2D eigenvalue weighted by atomic mass is 19.4. The summed E-state index contributed by atoms with van der Waals surface area (Å²) in [5.74, 6) is -1.02. The van der Waals surface area contributed by atoms with Crippen molar-refractivity contribution >= 4 is 28.7 Å². The number of carbonyl (C=O) groups is 2. The molecule has 2 amide bonds. The number of halogens is 3. The van der Waals surface area contributed by atoms with Gasteiger partial charge in [-0.3, -0.25) is 9.59 Å². The number of aromatic nitrogens is 2. The SMILES string of the molecule is Cc1ccc(C(=O)Nc2cccc(C(F)(F)F)c2)cc1NC(=O)c1cnn2cc(-c3ccccc3)ccc12. The van der Waals surface area contributed by atoms with Gasteiger partial charge >= 0.3 is 6.18 Å². The van der Waals surface area contributed by atoms with E-state index in [1.54, 1.807) is 17.5 Å². The monoisotopic (exact) mass is 514 g/mol. The highest BCUT2D eigenvalue weighted by Crippen LogP contribution is 2.31. The summed E-state index contributed by atoms with van der Waals surface area (Å²) in [4.78, 5) is 25.9. The fourth-order valence-corrected chi connectivity index (χ4v) is 4.02. The molecule has 0 aliphatic carbocycles. The van der Waals surface area contributed by atoms with Crippen LogP contribution in [0.4, 0.5) is 24.5 Å². The summed E-state index contributed by atoms with van der Waals surface area (Å²) in [6.45, 7) is 1.77. The van der Waals surface area contributed by atoms with E-state index in [0.29, 0.717) is 22.3 Å². The Bertz CT molecular complexity index is 1660. The van der Waals surface area contributed by atoms with Gasteiger partial charge in [0.15, 0.2) is 0 Å². The lowest BCUT2D eigenvalue weighted by molar-refractivity contribution is -0.137. The van der Waals surface area contributed by atoms with Gasteiger partial charge in [-0.25, -0.2) is 4.52 Å². The van der Waals surface area contributed by atoms with Crippen LogP contribution < -0.4 is 10.6 Å². The molecule has 0 aliphatic rings. The summed E-state index contributed by atoms with van der Waals surface area (Å²) >= 11 is 0. The second kappa shape index (κ2) is 9.85. The number of nitrogens with zero attached hydrogens (tertiary/aromatic N) is 2. The third kappa shape index (κ3) is 5.12. The van der Waals surface area contributed by atoms with Gasteiger partial charge in [-0.2, -0.15) is 18.3 Å². The van der Waals surface area contributed by atoms with Crippen LogP contribution in [0.1, 0.15) is 31.8 Å². The minimum atomic E-state index is -4.52. The summed E-state index contributed by atoms with van der Waals surface area (Å²) in [5.41, 5.74) is 3.35. The number of hydrogen-bond donors (Lipinski definition) is 2. The van der Waals surface area contributed by atoms with Gasteiger partial charge in [0.1, 0.15) is 0 Å². The lowest BCUT2D eigenvalue weighted by Crippen LogP contribution is -2.16. The fourth-order valence-electron chi connectivity index (χ4n) is 4.02. The molecule has 0 fully saturated rings. The Morgan fingerprint density at radius 2 is 1.61 bits per heavy atom. The normalized spacial score (nSPS) is 11.4. The average molecular weight is 515 g/mol. The molecule has 0 bridgehead atoms. The number of alkyl halides is 3. The number of rotatable bonds is 5. The van der Waals surface area contributed by atoms with Gasteiger partial charge in [-0.05, 0) is 54.4 Å². The number of anilines is 2. The largest absolute Gasteiger partial charge is 0.416 e. The number of nitrogens with one attached hydrogen (secondary N) is 2. The minimum absolute atomic E-state index is 0.0113.